The highest BCUT2D eigenvalue weighted by molar-refractivity contribution is 4.78. The standard InChI is InChI=1S/C14H30N2O/c1-4-16(5-2)11-14(17)10-15-12(3)13-8-6-7-9-13/h12-15,17H,4-11H2,1-3H3/t12-,14?/m0/s1. The summed E-state index contributed by atoms with van der Waals surface area (Å²) in [4.78, 5) is 2.27. The highest BCUT2D eigenvalue weighted by Gasteiger charge is 2.21. The first-order chi connectivity index (χ1) is 8.17. The Labute approximate surface area is 107 Å². The Bertz CT molecular complexity index is 189. The third-order valence-corrected chi connectivity index (χ3v) is 4.15. The van der Waals surface area contributed by atoms with Crippen LogP contribution in [0.3, 0.4) is 0 Å². The van der Waals surface area contributed by atoms with Gasteiger partial charge in [0.25, 0.3) is 0 Å². The first-order valence-electron chi connectivity index (χ1n) is 7.31. The summed E-state index contributed by atoms with van der Waals surface area (Å²) in [7, 11) is 0. The van der Waals surface area contributed by atoms with Gasteiger partial charge in [-0.1, -0.05) is 26.7 Å². The number of aliphatic hydroxyl groups is 1. The van der Waals surface area contributed by atoms with Gasteiger partial charge in [-0.3, -0.25) is 0 Å². The molecule has 0 aromatic heterocycles. The summed E-state index contributed by atoms with van der Waals surface area (Å²) in [6, 6.07) is 0.559. The molecular weight excluding hydrogens is 212 g/mol. The first kappa shape index (κ1) is 14.9. The Balaban J connectivity index is 2.15. The Morgan fingerprint density at radius 3 is 2.35 bits per heavy atom. The minimum absolute atomic E-state index is 0.237. The summed E-state index contributed by atoms with van der Waals surface area (Å²) in [5.41, 5.74) is 0. The van der Waals surface area contributed by atoms with Gasteiger partial charge >= 0.3 is 0 Å². The maximum Gasteiger partial charge on any atom is 0.0791 e. The second-order valence-electron chi connectivity index (χ2n) is 5.38. The van der Waals surface area contributed by atoms with E-state index in [1.165, 1.54) is 25.7 Å². The van der Waals surface area contributed by atoms with Crippen molar-refractivity contribution < 1.29 is 5.11 Å². The van der Waals surface area contributed by atoms with E-state index in [0.717, 1.165) is 32.1 Å². The smallest absolute Gasteiger partial charge is 0.0791 e. The van der Waals surface area contributed by atoms with E-state index in [9.17, 15) is 5.11 Å². The van der Waals surface area contributed by atoms with Crippen molar-refractivity contribution in [2.45, 2.75) is 58.6 Å². The maximum absolute atomic E-state index is 9.97. The monoisotopic (exact) mass is 242 g/mol. The Morgan fingerprint density at radius 1 is 1.24 bits per heavy atom. The van der Waals surface area contributed by atoms with E-state index in [1.54, 1.807) is 0 Å². The number of hydrogen-bond acceptors (Lipinski definition) is 3. The van der Waals surface area contributed by atoms with Crippen LogP contribution < -0.4 is 5.32 Å². The van der Waals surface area contributed by atoms with Gasteiger partial charge < -0.3 is 15.3 Å². The molecule has 1 rings (SSSR count). The average molecular weight is 242 g/mol. The molecule has 0 aromatic rings. The predicted molar refractivity (Wildman–Crippen MR) is 73.2 cm³/mol. The molecule has 0 aliphatic heterocycles. The zero-order valence-corrected chi connectivity index (χ0v) is 11.8. The normalized spacial score (nSPS) is 21.0. The lowest BCUT2D eigenvalue weighted by atomic mass is 10.00. The van der Waals surface area contributed by atoms with Crippen molar-refractivity contribution >= 4 is 0 Å². The number of nitrogens with zero attached hydrogens (tertiary/aromatic N) is 1. The summed E-state index contributed by atoms with van der Waals surface area (Å²) in [6.07, 6.45) is 5.26. The van der Waals surface area contributed by atoms with Crippen LogP contribution in [0.1, 0.15) is 46.5 Å². The second kappa shape index (κ2) is 8.06. The molecular formula is C14H30N2O. The minimum Gasteiger partial charge on any atom is -0.390 e. The molecule has 17 heavy (non-hydrogen) atoms. The minimum atomic E-state index is -0.237. The van der Waals surface area contributed by atoms with Crippen LogP contribution in [0.4, 0.5) is 0 Å². The SMILES string of the molecule is CCN(CC)CC(O)CN[C@@H](C)C1CCCC1. The van der Waals surface area contributed by atoms with E-state index in [1.807, 2.05) is 0 Å². The molecule has 1 aliphatic rings. The summed E-state index contributed by atoms with van der Waals surface area (Å²) < 4.78 is 0. The molecule has 0 saturated heterocycles. The third-order valence-electron chi connectivity index (χ3n) is 4.15. The van der Waals surface area contributed by atoms with Crippen molar-refractivity contribution in [2.75, 3.05) is 26.2 Å². The van der Waals surface area contributed by atoms with Crippen molar-refractivity contribution in [3.8, 4) is 0 Å². The number of aliphatic hydroxyl groups excluding tert-OH is 1. The third kappa shape index (κ3) is 5.36. The van der Waals surface area contributed by atoms with Gasteiger partial charge in [-0.05, 0) is 38.8 Å². The van der Waals surface area contributed by atoms with Crippen LogP contribution in [-0.4, -0.2) is 48.3 Å². The molecule has 0 bridgehead atoms. The van der Waals surface area contributed by atoms with E-state index in [0.29, 0.717) is 6.04 Å². The van der Waals surface area contributed by atoms with Crippen LogP contribution in [-0.2, 0) is 0 Å². The Kier molecular flexibility index (Phi) is 7.09. The average Bonchev–Trinajstić information content (AvgIpc) is 2.86. The molecule has 0 heterocycles. The highest BCUT2D eigenvalue weighted by Crippen LogP contribution is 2.27. The summed E-state index contributed by atoms with van der Waals surface area (Å²) >= 11 is 0. The molecule has 1 unspecified atom stereocenters. The summed E-state index contributed by atoms with van der Waals surface area (Å²) in [5, 5.41) is 13.5. The maximum atomic E-state index is 9.97. The second-order valence-corrected chi connectivity index (χ2v) is 5.38. The van der Waals surface area contributed by atoms with Crippen molar-refractivity contribution in [3.05, 3.63) is 0 Å². The van der Waals surface area contributed by atoms with E-state index in [-0.39, 0.29) is 6.10 Å². The van der Waals surface area contributed by atoms with Gasteiger partial charge in [-0.2, -0.15) is 0 Å². The van der Waals surface area contributed by atoms with Crippen LogP contribution in [0.2, 0.25) is 0 Å². The van der Waals surface area contributed by atoms with E-state index >= 15 is 0 Å². The molecule has 3 heteroatoms. The van der Waals surface area contributed by atoms with Crippen LogP contribution in [0, 0.1) is 5.92 Å². The van der Waals surface area contributed by atoms with Gasteiger partial charge in [0.15, 0.2) is 0 Å². The Hall–Kier alpha value is -0.120. The molecule has 0 radical (unpaired) electrons. The first-order valence-corrected chi connectivity index (χ1v) is 7.31. The zero-order chi connectivity index (χ0) is 12.7. The molecule has 1 aliphatic carbocycles. The van der Waals surface area contributed by atoms with Crippen LogP contribution in [0.15, 0.2) is 0 Å². The lowest BCUT2D eigenvalue weighted by Crippen LogP contribution is -2.42. The van der Waals surface area contributed by atoms with Gasteiger partial charge in [-0.15, -0.1) is 0 Å². The summed E-state index contributed by atoms with van der Waals surface area (Å²) in [6.45, 7) is 10.1. The number of rotatable bonds is 8. The fourth-order valence-corrected chi connectivity index (χ4v) is 2.79. The Morgan fingerprint density at radius 2 is 1.82 bits per heavy atom. The van der Waals surface area contributed by atoms with Gasteiger partial charge in [0.2, 0.25) is 0 Å². The lowest BCUT2D eigenvalue weighted by Gasteiger charge is -2.25. The molecule has 102 valence electrons. The number of nitrogens with one attached hydrogen (secondary N) is 1. The fraction of sp³-hybridized carbons (Fsp3) is 1.00. The molecule has 3 nitrogen and oxygen atoms in total. The number of hydrogen-bond donors (Lipinski definition) is 2. The molecule has 1 saturated carbocycles. The van der Waals surface area contributed by atoms with Crippen molar-refractivity contribution in [2.24, 2.45) is 5.92 Å². The highest BCUT2D eigenvalue weighted by atomic mass is 16.3. The summed E-state index contributed by atoms with van der Waals surface area (Å²) in [5.74, 6) is 0.829. The molecule has 2 atom stereocenters. The van der Waals surface area contributed by atoms with Crippen molar-refractivity contribution in [3.63, 3.8) is 0 Å². The van der Waals surface area contributed by atoms with Gasteiger partial charge in [0, 0.05) is 19.1 Å². The van der Waals surface area contributed by atoms with E-state index < -0.39 is 0 Å². The molecule has 0 amide bonds. The number of likely N-dealkylation sites (N-methyl/N-ethyl adjacent to an activating group) is 1. The van der Waals surface area contributed by atoms with Crippen LogP contribution >= 0.6 is 0 Å². The van der Waals surface area contributed by atoms with Gasteiger partial charge in [-0.25, -0.2) is 0 Å². The molecule has 0 aromatic carbocycles. The van der Waals surface area contributed by atoms with E-state index in [2.05, 4.69) is 31.0 Å². The lowest BCUT2D eigenvalue weighted by molar-refractivity contribution is 0.112. The largest absolute Gasteiger partial charge is 0.390 e. The van der Waals surface area contributed by atoms with Crippen molar-refractivity contribution in [1.82, 2.24) is 10.2 Å². The van der Waals surface area contributed by atoms with Gasteiger partial charge in [0.1, 0.15) is 0 Å². The zero-order valence-electron chi connectivity index (χ0n) is 11.8. The van der Waals surface area contributed by atoms with E-state index in [4.69, 9.17) is 0 Å². The fourth-order valence-electron chi connectivity index (χ4n) is 2.79. The van der Waals surface area contributed by atoms with Crippen LogP contribution in [0.5, 0.6) is 0 Å². The van der Waals surface area contributed by atoms with Gasteiger partial charge in [0.05, 0.1) is 6.10 Å². The molecule has 0 spiro atoms. The van der Waals surface area contributed by atoms with Crippen molar-refractivity contribution in [1.29, 1.82) is 0 Å². The molecule has 1 fully saturated rings. The topological polar surface area (TPSA) is 35.5 Å². The quantitative estimate of drug-likeness (QED) is 0.682. The molecule has 2 N–H and O–H groups in total. The van der Waals surface area contributed by atoms with Crippen LogP contribution in [0.25, 0.3) is 0 Å². The predicted octanol–water partition coefficient (Wildman–Crippen LogP) is 1.86.